The van der Waals surface area contributed by atoms with Crippen molar-refractivity contribution in [2.75, 3.05) is 7.11 Å². The van der Waals surface area contributed by atoms with Gasteiger partial charge in [0, 0.05) is 11.6 Å². The highest BCUT2D eigenvalue weighted by Gasteiger charge is 2.20. The smallest absolute Gasteiger partial charge is 0.307 e. The Balaban J connectivity index is 3.03. The van der Waals surface area contributed by atoms with E-state index in [0.29, 0.717) is 0 Å². The zero-order valence-electron chi connectivity index (χ0n) is 8.47. The normalized spacial score (nSPS) is 12.3. The van der Waals surface area contributed by atoms with E-state index in [2.05, 4.69) is 4.74 Å². The molecule has 1 atom stereocenters. The van der Waals surface area contributed by atoms with Gasteiger partial charge in [-0.2, -0.15) is 0 Å². The fourth-order valence-electron chi connectivity index (χ4n) is 1.25. The number of rotatable bonds is 3. The van der Waals surface area contributed by atoms with Crippen LogP contribution in [0.15, 0.2) is 12.1 Å². The van der Waals surface area contributed by atoms with Gasteiger partial charge in [-0.25, -0.2) is 4.39 Å². The summed E-state index contributed by atoms with van der Waals surface area (Å²) in [5, 5.41) is 0.219. The van der Waals surface area contributed by atoms with Gasteiger partial charge in [0.2, 0.25) is 0 Å². The van der Waals surface area contributed by atoms with Crippen LogP contribution in [0, 0.1) is 5.82 Å². The Hall–Kier alpha value is -0.840. The molecule has 2 N–H and O–H groups in total. The molecule has 1 rings (SSSR count). The third-order valence-corrected chi connectivity index (χ3v) is 2.88. The van der Waals surface area contributed by atoms with Gasteiger partial charge in [-0.05, 0) is 12.1 Å². The molecule has 0 aliphatic rings. The number of hydrogen-bond acceptors (Lipinski definition) is 3. The van der Waals surface area contributed by atoms with Crippen LogP contribution in [0.25, 0.3) is 0 Å². The second kappa shape index (κ2) is 5.48. The average Bonchev–Trinajstić information content (AvgIpc) is 2.24. The van der Waals surface area contributed by atoms with Gasteiger partial charge in [0.25, 0.3) is 0 Å². The lowest BCUT2D eigenvalue weighted by molar-refractivity contribution is -0.141. The number of halogens is 3. The number of esters is 1. The summed E-state index contributed by atoms with van der Waals surface area (Å²) in [5.41, 5.74) is 5.69. The van der Waals surface area contributed by atoms with Crippen LogP contribution >= 0.6 is 23.2 Å². The second-order valence-electron chi connectivity index (χ2n) is 3.14. The Bertz CT molecular complexity index is 412. The molecule has 1 aromatic carbocycles. The number of ether oxygens (including phenoxy) is 1. The van der Waals surface area contributed by atoms with Crippen molar-refractivity contribution in [2.24, 2.45) is 5.73 Å². The third-order valence-electron chi connectivity index (χ3n) is 2.06. The van der Waals surface area contributed by atoms with E-state index in [0.717, 1.165) is 6.07 Å². The third kappa shape index (κ3) is 2.84. The van der Waals surface area contributed by atoms with E-state index < -0.39 is 17.8 Å². The maximum absolute atomic E-state index is 13.5. The largest absolute Gasteiger partial charge is 0.469 e. The Morgan fingerprint density at radius 3 is 2.75 bits per heavy atom. The van der Waals surface area contributed by atoms with Gasteiger partial charge in [-0.3, -0.25) is 4.79 Å². The topological polar surface area (TPSA) is 52.3 Å². The maximum Gasteiger partial charge on any atom is 0.307 e. The van der Waals surface area contributed by atoms with Crippen LogP contribution in [0.3, 0.4) is 0 Å². The van der Waals surface area contributed by atoms with Crippen molar-refractivity contribution in [2.45, 2.75) is 12.5 Å². The molecular formula is C10H10Cl2FNO2. The quantitative estimate of drug-likeness (QED) is 0.676. The van der Waals surface area contributed by atoms with Crippen LogP contribution in [-0.4, -0.2) is 13.1 Å². The number of methoxy groups -OCH3 is 1. The first kappa shape index (κ1) is 13.2. The second-order valence-corrected chi connectivity index (χ2v) is 3.93. The lowest BCUT2D eigenvalue weighted by Crippen LogP contribution is -2.18. The molecule has 0 bridgehead atoms. The molecule has 1 aromatic rings. The van der Waals surface area contributed by atoms with Gasteiger partial charge in [0.1, 0.15) is 5.82 Å². The maximum atomic E-state index is 13.5. The van der Waals surface area contributed by atoms with Crippen molar-refractivity contribution >= 4 is 29.2 Å². The average molecular weight is 266 g/mol. The zero-order valence-corrected chi connectivity index (χ0v) is 9.98. The summed E-state index contributed by atoms with van der Waals surface area (Å²) in [4.78, 5) is 11.0. The number of hydrogen-bond donors (Lipinski definition) is 1. The lowest BCUT2D eigenvalue weighted by Gasteiger charge is -2.14. The fraction of sp³-hybridized carbons (Fsp3) is 0.300. The van der Waals surface area contributed by atoms with E-state index >= 15 is 0 Å². The molecule has 3 nitrogen and oxygen atoms in total. The van der Waals surface area contributed by atoms with Crippen LogP contribution in [0.4, 0.5) is 4.39 Å². The van der Waals surface area contributed by atoms with Gasteiger partial charge in [0.05, 0.1) is 23.6 Å². The molecule has 16 heavy (non-hydrogen) atoms. The molecule has 0 aliphatic carbocycles. The first-order valence-electron chi connectivity index (χ1n) is 4.43. The monoisotopic (exact) mass is 265 g/mol. The standard InChI is InChI=1S/C10H10Cl2FNO2/c1-16-8(15)4-7(14)9-6(13)3-2-5(11)10(9)12/h2-3,7H,4,14H2,1H3/t7-/m0/s1. The van der Waals surface area contributed by atoms with E-state index in [9.17, 15) is 9.18 Å². The number of carbonyl (C=O) groups is 1. The van der Waals surface area contributed by atoms with E-state index in [1.165, 1.54) is 13.2 Å². The van der Waals surface area contributed by atoms with E-state index in [1.807, 2.05) is 0 Å². The van der Waals surface area contributed by atoms with Crippen molar-refractivity contribution in [3.05, 3.63) is 33.6 Å². The number of carbonyl (C=O) groups excluding carboxylic acids is 1. The van der Waals surface area contributed by atoms with Crippen LogP contribution < -0.4 is 5.73 Å². The van der Waals surface area contributed by atoms with E-state index in [-0.39, 0.29) is 22.0 Å². The predicted molar refractivity (Wildman–Crippen MR) is 60.0 cm³/mol. The van der Waals surface area contributed by atoms with Crippen LogP contribution in [0.2, 0.25) is 10.0 Å². The molecular weight excluding hydrogens is 256 g/mol. The van der Waals surface area contributed by atoms with Gasteiger partial charge in [-0.15, -0.1) is 0 Å². The molecule has 0 radical (unpaired) electrons. The summed E-state index contributed by atoms with van der Waals surface area (Å²) in [6.07, 6.45) is -0.159. The van der Waals surface area contributed by atoms with E-state index in [4.69, 9.17) is 28.9 Å². The minimum atomic E-state index is -0.876. The van der Waals surface area contributed by atoms with Crippen molar-refractivity contribution in [3.8, 4) is 0 Å². The number of benzene rings is 1. The molecule has 0 aliphatic heterocycles. The van der Waals surface area contributed by atoms with Crippen molar-refractivity contribution in [1.29, 1.82) is 0 Å². The molecule has 88 valence electrons. The van der Waals surface area contributed by atoms with Crippen LogP contribution in [-0.2, 0) is 9.53 Å². The SMILES string of the molecule is COC(=O)C[C@H](N)c1c(F)ccc(Cl)c1Cl. The summed E-state index contributed by atoms with van der Waals surface area (Å²) in [7, 11) is 1.23. The van der Waals surface area contributed by atoms with Crippen LogP contribution in [0.1, 0.15) is 18.0 Å². The predicted octanol–water partition coefficient (Wildman–Crippen LogP) is 2.70. The summed E-state index contributed by atoms with van der Waals surface area (Å²) < 4.78 is 17.9. The molecule has 6 heteroatoms. The first-order chi connectivity index (χ1) is 7.47. The summed E-state index contributed by atoms with van der Waals surface area (Å²) >= 11 is 11.5. The Labute approximate surface area is 102 Å². The molecule has 0 heterocycles. The highest BCUT2D eigenvalue weighted by Crippen LogP contribution is 2.32. The summed E-state index contributed by atoms with van der Waals surface area (Å²) in [6, 6.07) is 1.60. The summed E-state index contributed by atoms with van der Waals surface area (Å²) in [5.74, 6) is -1.13. The molecule has 0 unspecified atom stereocenters. The minimum Gasteiger partial charge on any atom is -0.469 e. The highest BCUT2D eigenvalue weighted by molar-refractivity contribution is 6.42. The van der Waals surface area contributed by atoms with Gasteiger partial charge in [-0.1, -0.05) is 23.2 Å². The van der Waals surface area contributed by atoms with Gasteiger partial charge in [0.15, 0.2) is 0 Å². The zero-order chi connectivity index (χ0) is 12.3. The van der Waals surface area contributed by atoms with Gasteiger partial charge < -0.3 is 10.5 Å². The molecule has 0 fully saturated rings. The van der Waals surface area contributed by atoms with Gasteiger partial charge >= 0.3 is 5.97 Å². The Morgan fingerprint density at radius 1 is 1.56 bits per heavy atom. The molecule has 0 aromatic heterocycles. The molecule has 0 spiro atoms. The minimum absolute atomic E-state index is 0.0260. The van der Waals surface area contributed by atoms with Crippen molar-refractivity contribution < 1.29 is 13.9 Å². The highest BCUT2D eigenvalue weighted by atomic mass is 35.5. The first-order valence-corrected chi connectivity index (χ1v) is 5.18. The fourth-order valence-corrected chi connectivity index (χ4v) is 1.71. The lowest BCUT2D eigenvalue weighted by atomic mass is 10.0. The number of nitrogens with two attached hydrogens (primary N) is 1. The van der Waals surface area contributed by atoms with Crippen molar-refractivity contribution in [1.82, 2.24) is 0 Å². The Kier molecular flexibility index (Phi) is 4.53. The molecule has 0 amide bonds. The van der Waals surface area contributed by atoms with Crippen LogP contribution in [0.5, 0.6) is 0 Å². The Morgan fingerprint density at radius 2 is 2.19 bits per heavy atom. The van der Waals surface area contributed by atoms with E-state index in [1.54, 1.807) is 0 Å². The molecule has 0 saturated carbocycles. The van der Waals surface area contributed by atoms with Crippen molar-refractivity contribution in [3.63, 3.8) is 0 Å². The molecule has 0 saturated heterocycles. The summed E-state index contributed by atoms with van der Waals surface area (Å²) in [6.45, 7) is 0.